The lowest BCUT2D eigenvalue weighted by Crippen LogP contribution is -2.32. The first-order valence-corrected chi connectivity index (χ1v) is 10.1. The number of nitrogens with one attached hydrogen (secondary N) is 1. The molecular formula is C17H18N4O3S2. The Morgan fingerprint density at radius 1 is 1.23 bits per heavy atom. The summed E-state index contributed by atoms with van der Waals surface area (Å²) in [6, 6.07) is 8.78. The quantitative estimate of drug-likeness (QED) is 0.577. The maximum Gasteiger partial charge on any atom is 0.257 e. The summed E-state index contributed by atoms with van der Waals surface area (Å²) in [4.78, 5) is 37.7. The SMILES string of the molecule is CCC(=O)N(c1nnc(SCC(=O)NC(=O)c2ccccc2)s1)C1CC1. The van der Waals surface area contributed by atoms with Gasteiger partial charge in [0.15, 0.2) is 4.34 Å². The molecule has 1 aromatic carbocycles. The highest BCUT2D eigenvalue weighted by Crippen LogP contribution is 2.36. The van der Waals surface area contributed by atoms with E-state index in [1.807, 2.05) is 6.92 Å². The second kappa shape index (κ2) is 8.41. The van der Waals surface area contributed by atoms with Crippen LogP contribution in [0.5, 0.6) is 0 Å². The molecule has 0 unspecified atom stereocenters. The Balaban J connectivity index is 1.53. The molecule has 0 bridgehead atoms. The maximum absolute atomic E-state index is 12.1. The van der Waals surface area contributed by atoms with E-state index >= 15 is 0 Å². The van der Waals surface area contributed by atoms with Crippen molar-refractivity contribution in [2.75, 3.05) is 10.7 Å². The molecule has 7 nitrogen and oxygen atoms in total. The second-order valence-corrected chi connectivity index (χ2v) is 7.91. The zero-order valence-electron chi connectivity index (χ0n) is 14.2. The smallest absolute Gasteiger partial charge is 0.257 e. The van der Waals surface area contributed by atoms with Gasteiger partial charge in [0.2, 0.25) is 16.9 Å². The minimum Gasteiger partial charge on any atom is -0.292 e. The van der Waals surface area contributed by atoms with Crippen LogP contribution in [0.2, 0.25) is 0 Å². The minimum absolute atomic E-state index is 0.0337. The molecule has 0 saturated heterocycles. The fourth-order valence-electron chi connectivity index (χ4n) is 2.28. The van der Waals surface area contributed by atoms with Gasteiger partial charge in [-0.2, -0.15) is 0 Å². The van der Waals surface area contributed by atoms with E-state index in [0.717, 1.165) is 12.8 Å². The Bertz CT molecular complexity index is 805. The van der Waals surface area contributed by atoms with E-state index in [1.165, 1.54) is 23.1 Å². The first kappa shape index (κ1) is 18.5. The number of imide groups is 1. The fourth-order valence-corrected chi connectivity index (χ4v) is 4.01. The van der Waals surface area contributed by atoms with E-state index in [1.54, 1.807) is 35.2 Å². The topological polar surface area (TPSA) is 92.3 Å². The number of anilines is 1. The first-order valence-electron chi connectivity index (χ1n) is 8.26. The van der Waals surface area contributed by atoms with Crippen molar-refractivity contribution in [3.8, 4) is 0 Å². The highest BCUT2D eigenvalue weighted by molar-refractivity contribution is 8.01. The number of thioether (sulfide) groups is 1. The van der Waals surface area contributed by atoms with Gasteiger partial charge < -0.3 is 0 Å². The summed E-state index contributed by atoms with van der Waals surface area (Å²) >= 11 is 2.49. The third kappa shape index (κ3) is 4.67. The van der Waals surface area contributed by atoms with Gasteiger partial charge in [0.25, 0.3) is 5.91 Å². The van der Waals surface area contributed by atoms with Gasteiger partial charge in [-0.15, -0.1) is 10.2 Å². The molecule has 1 aliphatic rings. The second-order valence-electron chi connectivity index (χ2n) is 5.73. The Morgan fingerprint density at radius 2 is 1.96 bits per heavy atom. The van der Waals surface area contributed by atoms with Crippen LogP contribution in [0.1, 0.15) is 36.5 Å². The molecule has 1 aromatic heterocycles. The van der Waals surface area contributed by atoms with E-state index < -0.39 is 11.8 Å². The molecule has 0 atom stereocenters. The summed E-state index contributed by atoms with van der Waals surface area (Å²) < 4.78 is 0.594. The van der Waals surface area contributed by atoms with Crippen LogP contribution < -0.4 is 10.2 Å². The van der Waals surface area contributed by atoms with Crippen LogP contribution in [0.4, 0.5) is 5.13 Å². The van der Waals surface area contributed by atoms with Crippen molar-refractivity contribution in [3.63, 3.8) is 0 Å². The lowest BCUT2D eigenvalue weighted by Gasteiger charge is -2.17. The van der Waals surface area contributed by atoms with Crippen molar-refractivity contribution < 1.29 is 14.4 Å². The molecular weight excluding hydrogens is 372 g/mol. The standard InChI is InChI=1S/C17H18N4O3S2/c1-2-14(23)21(12-8-9-12)16-19-20-17(26-16)25-10-13(22)18-15(24)11-6-4-3-5-7-11/h3-7,12H,2,8-10H2,1H3,(H,18,22,24). The van der Waals surface area contributed by atoms with Crippen molar-refractivity contribution in [2.24, 2.45) is 0 Å². The van der Waals surface area contributed by atoms with Crippen molar-refractivity contribution in [1.29, 1.82) is 0 Å². The van der Waals surface area contributed by atoms with Gasteiger partial charge >= 0.3 is 0 Å². The van der Waals surface area contributed by atoms with Gasteiger partial charge in [0.1, 0.15) is 0 Å². The van der Waals surface area contributed by atoms with Gasteiger partial charge in [-0.25, -0.2) is 0 Å². The highest BCUT2D eigenvalue weighted by Gasteiger charge is 2.35. The zero-order valence-corrected chi connectivity index (χ0v) is 15.8. The summed E-state index contributed by atoms with van der Waals surface area (Å²) in [7, 11) is 0. The largest absolute Gasteiger partial charge is 0.292 e. The van der Waals surface area contributed by atoms with Gasteiger partial charge in [-0.3, -0.25) is 24.6 Å². The van der Waals surface area contributed by atoms with E-state index in [2.05, 4.69) is 15.5 Å². The van der Waals surface area contributed by atoms with Gasteiger partial charge in [-0.1, -0.05) is 48.2 Å². The van der Waals surface area contributed by atoms with E-state index in [-0.39, 0.29) is 17.7 Å². The molecule has 1 N–H and O–H groups in total. The molecule has 136 valence electrons. The molecule has 0 radical (unpaired) electrons. The Labute approximate surface area is 159 Å². The molecule has 3 rings (SSSR count). The van der Waals surface area contributed by atoms with Crippen LogP contribution in [0.15, 0.2) is 34.7 Å². The number of nitrogens with zero attached hydrogens (tertiary/aromatic N) is 3. The van der Waals surface area contributed by atoms with Crippen LogP contribution in [0, 0.1) is 0 Å². The van der Waals surface area contributed by atoms with Crippen molar-refractivity contribution >= 4 is 46.0 Å². The molecule has 1 saturated carbocycles. The van der Waals surface area contributed by atoms with Crippen LogP contribution >= 0.6 is 23.1 Å². The van der Waals surface area contributed by atoms with Crippen LogP contribution in [-0.4, -0.2) is 39.7 Å². The van der Waals surface area contributed by atoms with E-state index in [9.17, 15) is 14.4 Å². The number of hydrogen-bond acceptors (Lipinski definition) is 7. The molecule has 26 heavy (non-hydrogen) atoms. The number of carbonyl (C=O) groups is 3. The van der Waals surface area contributed by atoms with E-state index in [0.29, 0.717) is 21.5 Å². The lowest BCUT2D eigenvalue weighted by atomic mass is 10.2. The molecule has 9 heteroatoms. The Kier molecular flexibility index (Phi) is 6.00. The predicted octanol–water partition coefficient (Wildman–Crippen LogP) is 2.49. The number of amides is 3. The summed E-state index contributed by atoms with van der Waals surface area (Å²) in [6.07, 6.45) is 2.39. The summed E-state index contributed by atoms with van der Waals surface area (Å²) in [5.74, 6) is -0.739. The third-order valence-corrected chi connectivity index (χ3v) is 5.76. The number of aromatic nitrogens is 2. The lowest BCUT2D eigenvalue weighted by molar-refractivity contribution is -0.119. The number of carbonyl (C=O) groups excluding carboxylic acids is 3. The number of rotatable bonds is 7. The maximum atomic E-state index is 12.1. The molecule has 0 aliphatic heterocycles. The molecule has 2 aromatic rings. The van der Waals surface area contributed by atoms with Crippen molar-refractivity contribution in [1.82, 2.24) is 15.5 Å². The monoisotopic (exact) mass is 390 g/mol. The van der Waals surface area contributed by atoms with Crippen LogP contribution in [0.25, 0.3) is 0 Å². The molecule has 0 spiro atoms. The third-order valence-electron chi connectivity index (χ3n) is 3.70. The number of benzene rings is 1. The number of hydrogen-bond donors (Lipinski definition) is 1. The molecule has 3 amide bonds. The Morgan fingerprint density at radius 3 is 2.62 bits per heavy atom. The summed E-state index contributed by atoms with van der Waals surface area (Å²) in [6.45, 7) is 1.82. The van der Waals surface area contributed by atoms with Gasteiger partial charge in [0.05, 0.1) is 5.75 Å². The molecule has 1 heterocycles. The van der Waals surface area contributed by atoms with Crippen molar-refractivity contribution in [3.05, 3.63) is 35.9 Å². The van der Waals surface area contributed by atoms with Crippen LogP contribution in [0.3, 0.4) is 0 Å². The molecule has 1 fully saturated rings. The summed E-state index contributed by atoms with van der Waals surface area (Å²) in [5, 5.41) is 11.1. The average molecular weight is 390 g/mol. The Hall–Kier alpha value is -2.26. The minimum atomic E-state index is -0.428. The first-order chi connectivity index (χ1) is 12.6. The predicted molar refractivity (Wildman–Crippen MR) is 100 cm³/mol. The highest BCUT2D eigenvalue weighted by atomic mass is 32.2. The van der Waals surface area contributed by atoms with Crippen LogP contribution in [-0.2, 0) is 9.59 Å². The van der Waals surface area contributed by atoms with Gasteiger partial charge in [0, 0.05) is 18.0 Å². The van der Waals surface area contributed by atoms with Gasteiger partial charge in [-0.05, 0) is 25.0 Å². The average Bonchev–Trinajstić information content (AvgIpc) is 3.38. The summed E-state index contributed by atoms with van der Waals surface area (Å²) in [5.41, 5.74) is 0.433. The zero-order chi connectivity index (χ0) is 18.5. The van der Waals surface area contributed by atoms with Crippen molar-refractivity contribution in [2.45, 2.75) is 36.6 Å². The molecule has 1 aliphatic carbocycles. The normalized spacial score (nSPS) is 13.3. The fraction of sp³-hybridized carbons (Fsp3) is 0.353. The van der Waals surface area contributed by atoms with E-state index in [4.69, 9.17) is 0 Å².